The molecule has 2 N–H and O–H groups in total. The van der Waals surface area contributed by atoms with Crippen molar-refractivity contribution in [2.45, 2.75) is 19.3 Å². The van der Waals surface area contributed by atoms with E-state index in [4.69, 9.17) is 16.3 Å². The number of hydrogen-bond donors (Lipinski definition) is 2. The lowest BCUT2D eigenvalue weighted by molar-refractivity contribution is 0.0696. The summed E-state index contributed by atoms with van der Waals surface area (Å²) in [7, 11) is 1.65. The normalized spacial score (nSPS) is 12.2. The Morgan fingerprint density at radius 2 is 1.76 bits per heavy atom. The largest absolute Gasteiger partial charge is 0.478 e. The van der Waals surface area contributed by atoms with E-state index in [1.165, 1.54) is 22.8 Å². The minimum absolute atomic E-state index is 0.140. The highest BCUT2D eigenvalue weighted by Gasteiger charge is 2.21. The van der Waals surface area contributed by atoms with Crippen LogP contribution in [0.5, 0.6) is 11.5 Å². The topological polar surface area (TPSA) is 101 Å². The van der Waals surface area contributed by atoms with Crippen molar-refractivity contribution in [1.82, 2.24) is 4.57 Å². The first kappa shape index (κ1) is 25.7. The van der Waals surface area contributed by atoms with E-state index >= 15 is 0 Å². The lowest BCUT2D eigenvalue weighted by atomic mass is 9.83. The van der Waals surface area contributed by atoms with E-state index in [9.17, 15) is 19.9 Å². The molecule has 1 atom stereocenters. The average Bonchev–Trinajstić information content (AvgIpc) is 2.88. The second-order valence-electron chi connectivity index (χ2n) is 8.68. The molecule has 0 spiro atoms. The minimum atomic E-state index is -1.03. The zero-order chi connectivity index (χ0) is 26.5. The van der Waals surface area contributed by atoms with E-state index < -0.39 is 5.97 Å². The molecule has 7 nitrogen and oxygen atoms in total. The van der Waals surface area contributed by atoms with Crippen molar-refractivity contribution < 1.29 is 19.8 Å². The molecule has 0 radical (unpaired) electrons. The van der Waals surface area contributed by atoms with Crippen LogP contribution in [0.2, 0.25) is 5.02 Å². The van der Waals surface area contributed by atoms with Gasteiger partial charge in [-0.3, -0.25) is 4.79 Å². The summed E-state index contributed by atoms with van der Waals surface area (Å²) in [6.45, 7) is 1.98. The number of hydrogen-bond acceptors (Lipinski definition) is 5. The number of nitrogens with zero attached hydrogens (tertiary/aromatic N) is 2. The van der Waals surface area contributed by atoms with E-state index in [-0.39, 0.29) is 17.0 Å². The number of aromatic carboxylic acids is 1. The number of halogens is 1. The van der Waals surface area contributed by atoms with Gasteiger partial charge in [-0.05, 0) is 72.1 Å². The Bertz CT molecular complexity index is 1530. The van der Waals surface area contributed by atoms with Crippen molar-refractivity contribution in [3.63, 3.8) is 0 Å². The highest BCUT2D eigenvalue weighted by Crippen LogP contribution is 2.34. The van der Waals surface area contributed by atoms with Gasteiger partial charge in [-0.1, -0.05) is 41.0 Å². The van der Waals surface area contributed by atoms with Gasteiger partial charge in [0.2, 0.25) is 5.56 Å². The van der Waals surface area contributed by atoms with E-state index in [1.807, 2.05) is 49.4 Å². The molecule has 0 aliphatic heterocycles. The summed E-state index contributed by atoms with van der Waals surface area (Å²) >= 11 is 6.21. The minimum Gasteiger partial charge on any atom is -0.478 e. The number of benzene rings is 3. The summed E-state index contributed by atoms with van der Waals surface area (Å²) in [4.78, 5) is 23.1. The van der Waals surface area contributed by atoms with Gasteiger partial charge in [0.15, 0.2) is 0 Å². The quantitative estimate of drug-likeness (QED) is 0.164. The van der Waals surface area contributed by atoms with Crippen LogP contribution in [0.4, 0.5) is 0 Å². The fourth-order valence-corrected chi connectivity index (χ4v) is 4.44. The van der Waals surface area contributed by atoms with Crippen LogP contribution in [0.25, 0.3) is 0 Å². The number of aryl methyl sites for hydroxylation is 2. The van der Waals surface area contributed by atoms with Gasteiger partial charge in [0.1, 0.15) is 11.5 Å². The number of pyridine rings is 1. The number of carbonyl (C=O) groups is 1. The standard InChI is InChI=1S/C29H25ClN2O5/c1-18-14-22(30)9-12-25(18)26(16-27(31-36)21-8-13-28(33)32(2)17-21)19-6-10-23(11-7-19)37-24-5-3-4-20(15-24)29(34)35/h3-15,17,26,36H,16H2,1-2H3,(H,34,35)/b31-27-. The summed E-state index contributed by atoms with van der Waals surface area (Å²) in [6, 6.07) is 22.5. The van der Waals surface area contributed by atoms with Gasteiger partial charge >= 0.3 is 5.97 Å². The smallest absolute Gasteiger partial charge is 0.335 e. The first-order valence-corrected chi connectivity index (χ1v) is 11.9. The first-order chi connectivity index (χ1) is 17.7. The second kappa shape index (κ2) is 11.1. The van der Waals surface area contributed by atoms with Gasteiger partial charge in [0, 0.05) is 42.2 Å². The van der Waals surface area contributed by atoms with E-state index in [1.54, 1.807) is 31.4 Å². The SMILES string of the molecule is Cc1cc(Cl)ccc1C(C/C(=N/O)c1ccc(=O)n(C)c1)c1ccc(Oc2cccc(C(=O)O)c2)cc1. The van der Waals surface area contributed by atoms with E-state index in [0.717, 1.165) is 16.7 Å². The Morgan fingerprint density at radius 1 is 1.00 bits per heavy atom. The number of oxime groups is 1. The molecule has 188 valence electrons. The van der Waals surface area contributed by atoms with Crippen LogP contribution in [-0.2, 0) is 7.05 Å². The Hall–Kier alpha value is -4.36. The van der Waals surface area contributed by atoms with Crippen LogP contribution < -0.4 is 10.3 Å². The van der Waals surface area contributed by atoms with Gasteiger partial charge in [-0.15, -0.1) is 0 Å². The third kappa shape index (κ3) is 6.08. The molecule has 0 amide bonds. The van der Waals surface area contributed by atoms with Gasteiger partial charge < -0.3 is 19.6 Å². The van der Waals surface area contributed by atoms with Crippen molar-refractivity contribution >= 4 is 23.3 Å². The summed E-state index contributed by atoms with van der Waals surface area (Å²) in [5.41, 5.74) is 4.00. The molecule has 3 aromatic carbocycles. The molecule has 8 heteroatoms. The van der Waals surface area contributed by atoms with Crippen molar-refractivity contribution in [2.75, 3.05) is 0 Å². The number of ether oxygens (including phenoxy) is 1. The monoisotopic (exact) mass is 516 g/mol. The maximum absolute atomic E-state index is 11.8. The molecular weight excluding hydrogens is 492 g/mol. The first-order valence-electron chi connectivity index (χ1n) is 11.5. The van der Waals surface area contributed by atoms with Gasteiger partial charge in [0.05, 0.1) is 11.3 Å². The molecule has 0 fully saturated rings. The number of rotatable bonds is 8. The zero-order valence-electron chi connectivity index (χ0n) is 20.3. The molecule has 0 aliphatic carbocycles. The zero-order valence-corrected chi connectivity index (χ0v) is 21.0. The van der Waals surface area contributed by atoms with Crippen molar-refractivity contribution in [2.24, 2.45) is 12.2 Å². The fourth-order valence-electron chi connectivity index (χ4n) is 4.21. The molecule has 4 rings (SSSR count). The molecule has 1 aromatic heterocycles. The van der Waals surface area contributed by atoms with Crippen LogP contribution in [0.3, 0.4) is 0 Å². The molecule has 37 heavy (non-hydrogen) atoms. The van der Waals surface area contributed by atoms with Gasteiger partial charge in [-0.25, -0.2) is 4.79 Å². The maximum Gasteiger partial charge on any atom is 0.335 e. The van der Waals surface area contributed by atoms with Crippen molar-refractivity contribution in [1.29, 1.82) is 0 Å². The van der Waals surface area contributed by atoms with E-state index in [2.05, 4.69) is 5.16 Å². The maximum atomic E-state index is 11.8. The summed E-state index contributed by atoms with van der Waals surface area (Å²) < 4.78 is 7.31. The lowest BCUT2D eigenvalue weighted by Crippen LogP contribution is -2.18. The Labute approximate surface area is 218 Å². The molecule has 0 saturated carbocycles. The van der Waals surface area contributed by atoms with Crippen molar-refractivity contribution in [3.8, 4) is 11.5 Å². The highest BCUT2D eigenvalue weighted by atomic mass is 35.5. The van der Waals surface area contributed by atoms with Gasteiger partial charge in [0.25, 0.3) is 0 Å². The van der Waals surface area contributed by atoms with Crippen LogP contribution in [0, 0.1) is 6.92 Å². The molecular formula is C29H25ClN2O5. The lowest BCUT2D eigenvalue weighted by Gasteiger charge is -2.21. The molecule has 1 unspecified atom stereocenters. The van der Waals surface area contributed by atoms with Crippen LogP contribution in [-0.4, -0.2) is 26.6 Å². The number of aromatic nitrogens is 1. The molecule has 1 heterocycles. The van der Waals surface area contributed by atoms with E-state index in [0.29, 0.717) is 34.2 Å². The van der Waals surface area contributed by atoms with Crippen LogP contribution in [0.1, 0.15) is 45.0 Å². The molecule has 0 aliphatic rings. The van der Waals surface area contributed by atoms with Crippen LogP contribution >= 0.6 is 11.6 Å². The number of carboxylic acid groups (broad SMARTS) is 1. The van der Waals surface area contributed by atoms with Crippen molar-refractivity contribution in [3.05, 3.63) is 128 Å². The fraction of sp³-hybridized carbons (Fsp3) is 0.138. The van der Waals surface area contributed by atoms with Crippen LogP contribution in [0.15, 0.2) is 95.0 Å². The summed E-state index contributed by atoms with van der Waals surface area (Å²) in [6.07, 6.45) is 2.00. The average molecular weight is 517 g/mol. The Kier molecular flexibility index (Phi) is 7.74. The summed E-state index contributed by atoms with van der Waals surface area (Å²) in [5, 5.41) is 23.3. The second-order valence-corrected chi connectivity index (χ2v) is 9.11. The highest BCUT2D eigenvalue weighted by molar-refractivity contribution is 6.30. The molecule has 0 saturated heterocycles. The predicted molar refractivity (Wildman–Crippen MR) is 143 cm³/mol. The third-order valence-electron chi connectivity index (χ3n) is 6.14. The summed E-state index contributed by atoms with van der Waals surface area (Å²) in [5.74, 6) is -0.249. The molecule has 4 aromatic rings. The Morgan fingerprint density at radius 3 is 2.41 bits per heavy atom. The Balaban J connectivity index is 1.67. The predicted octanol–water partition coefficient (Wildman–Crippen LogP) is 6.24. The molecule has 0 bridgehead atoms. The number of carboxylic acids is 1. The van der Waals surface area contributed by atoms with Gasteiger partial charge in [-0.2, -0.15) is 0 Å². The third-order valence-corrected chi connectivity index (χ3v) is 6.38.